The van der Waals surface area contributed by atoms with E-state index in [1.54, 1.807) is 17.2 Å². The van der Waals surface area contributed by atoms with Gasteiger partial charge in [-0.1, -0.05) is 25.4 Å². The average molecular weight is 351 g/mol. The van der Waals surface area contributed by atoms with Crippen LogP contribution in [0.3, 0.4) is 0 Å². The quantitative estimate of drug-likeness (QED) is 0.793. The SMILES string of the molecule is CC(C)(C1CCN(C(N)=O)CC1)[C@@H](O)c1cc(Cl)cc2cn[nH]c12. The van der Waals surface area contributed by atoms with Crippen molar-refractivity contribution >= 4 is 28.5 Å². The molecule has 1 aliphatic rings. The number of piperidine rings is 1. The van der Waals surface area contributed by atoms with Gasteiger partial charge in [0.05, 0.1) is 17.8 Å². The fourth-order valence-corrected chi connectivity index (χ4v) is 3.97. The van der Waals surface area contributed by atoms with Gasteiger partial charge in [0, 0.05) is 29.1 Å². The molecule has 0 bridgehead atoms. The number of carbonyl (C=O) groups is 1. The van der Waals surface area contributed by atoms with Crippen LogP contribution in [0.5, 0.6) is 0 Å². The third kappa shape index (κ3) is 2.96. The summed E-state index contributed by atoms with van der Waals surface area (Å²) in [5, 5.41) is 19.6. The van der Waals surface area contributed by atoms with Gasteiger partial charge in [-0.05, 0) is 36.3 Å². The number of likely N-dealkylation sites (tertiary alicyclic amines) is 1. The van der Waals surface area contributed by atoms with E-state index in [1.165, 1.54) is 0 Å². The molecule has 1 aliphatic heterocycles. The maximum atomic E-state index is 11.3. The van der Waals surface area contributed by atoms with E-state index in [0.717, 1.165) is 29.3 Å². The number of carbonyl (C=O) groups excluding carboxylic acids is 1. The molecule has 6 nitrogen and oxygen atoms in total. The van der Waals surface area contributed by atoms with Crippen LogP contribution in [0.15, 0.2) is 18.3 Å². The minimum Gasteiger partial charge on any atom is -0.388 e. The number of nitrogens with one attached hydrogen (secondary N) is 1. The minimum absolute atomic E-state index is 0.278. The second-order valence-electron chi connectivity index (χ2n) is 7.15. The molecule has 1 aromatic heterocycles. The van der Waals surface area contributed by atoms with Crippen molar-refractivity contribution in [1.82, 2.24) is 15.1 Å². The predicted octanol–water partition coefficient (Wildman–Crippen LogP) is 3.07. The van der Waals surface area contributed by atoms with Crippen molar-refractivity contribution in [1.29, 1.82) is 0 Å². The number of aromatic amines is 1. The van der Waals surface area contributed by atoms with Crippen molar-refractivity contribution in [3.05, 3.63) is 28.9 Å². The van der Waals surface area contributed by atoms with Crippen LogP contribution in [0.25, 0.3) is 10.9 Å². The summed E-state index contributed by atoms with van der Waals surface area (Å²) in [5.74, 6) is 0.278. The van der Waals surface area contributed by atoms with Gasteiger partial charge in [0.25, 0.3) is 0 Å². The minimum atomic E-state index is -0.690. The molecule has 1 saturated heterocycles. The molecule has 1 aromatic carbocycles. The number of H-pyrrole nitrogens is 1. The Kier molecular flexibility index (Phi) is 4.44. The van der Waals surface area contributed by atoms with E-state index in [4.69, 9.17) is 17.3 Å². The van der Waals surface area contributed by atoms with Crippen LogP contribution in [0.2, 0.25) is 5.02 Å². The molecule has 0 aliphatic carbocycles. The maximum absolute atomic E-state index is 11.3. The molecular weight excluding hydrogens is 328 g/mol. The fraction of sp³-hybridized carbons (Fsp3) is 0.529. The Morgan fingerprint density at radius 2 is 2.12 bits per heavy atom. The first-order chi connectivity index (χ1) is 11.3. The molecular formula is C17H23ClN4O2. The molecule has 0 spiro atoms. The molecule has 0 unspecified atom stereocenters. The van der Waals surface area contributed by atoms with Crippen molar-refractivity contribution in [2.75, 3.05) is 13.1 Å². The number of amides is 2. The van der Waals surface area contributed by atoms with Crippen LogP contribution < -0.4 is 5.73 Å². The number of aliphatic hydroxyl groups is 1. The lowest BCUT2D eigenvalue weighted by atomic mass is 9.68. The topological polar surface area (TPSA) is 95.2 Å². The molecule has 1 atom stereocenters. The van der Waals surface area contributed by atoms with Crippen LogP contribution in [-0.2, 0) is 0 Å². The van der Waals surface area contributed by atoms with Gasteiger partial charge in [-0.3, -0.25) is 5.10 Å². The fourth-order valence-electron chi connectivity index (χ4n) is 3.73. The van der Waals surface area contributed by atoms with Crippen molar-refractivity contribution in [2.45, 2.75) is 32.8 Å². The highest BCUT2D eigenvalue weighted by Crippen LogP contribution is 2.46. The van der Waals surface area contributed by atoms with Gasteiger partial charge in [0.2, 0.25) is 0 Å². The third-order valence-electron chi connectivity index (χ3n) is 5.40. The first-order valence-electron chi connectivity index (χ1n) is 8.15. The van der Waals surface area contributed by atoms with Crippen LogP contribution >= 0.6 is 11.6 Å². The van der Waals surface area contributed by atoms with Crippen LogP contribution in [0.1, 0.15) is 38.4 Å². The Hall–Kier alpha value is -1.79. The number of urea groups is 1. The van der Waals surface area contributed by atoms with Crippen molar-refractivity contribution in [3.8, 4) is 0 Å². The third-order valence-corrected chi connectivity index (χ3v) is 5.62. The van der Waals surface area contributed by atoms with E-state index in [2.05, 4.69) is 24.0 Å². The number of hydrogen-bond acceptors (Lipinski definition) is 3. The summed E-state index contributed by atoms with van der Waals surface area (Å²) in [6, 6.07) is 3.25. The number of benzene rings is 1. The number of nitrogens with zero attached hydrogens (tertiary/aromatic N) is 2. The van der Waals surface area contributed by atoms with Gasteiger partial charge >= 0.3 is 6.03 Å². The molecule has 7 heteroatoms. The summed E-state index contributed by atoms with van der Waals surface area (Å²) < 4.78 is 0. The van der Waals surface area contributed by atoms with E-state index < -0.39 is 6.10 Å². The van der Waals surface area contributed by atoms with Gasteiger partial charge in [-0.15, -0.1) is 0 Å². The van der Waals surface area contributed by atoms with E-state index in [1.807, 2.05) is 6.07 Å². The van der Waals surface area contributed by atoms with E-state index >= 15 is 0 Å². The first-order valence-corrected chi connectivity index (χ1v) is 8.53. The van der Waals surface area contributed by atoms with Crippen LogP contribution in [-0.4, -0.2) is 39.3 Å². The lowest BCUT2D eigenvalue weighted by molar-refractivity contribution is -0.0140. The molecule has 2 aromatic rings. The number of hydrogen-bond donors (Lipinski definition) is 3. The van der Waals surface area contributed by atoms with Crippen molar-refractivity contribution < 1.29 is 9.90 Å². The van der Waals surface area contributed by atoms with Gasteiger partial charge in [-0.25, -0.2) is 4.79 Å². The molecule has 24 heavy (non-hydrogen) atoms. The molecule has 130 valence electrons. The summed E-state index contributed by atoms with van der Waals surface area (Å²) in [6.45, 7) is 5.38. The Morgan fingerprint density at radius 1 is 1.46 bits per heavy atom. The largest absolute Gasteiger partial charge is 0.388 e. The van der Waals surface area contributed by atoms with Gasteiger partial charge in [0.1, 0.15) is 0 Å². The number of aromatic nitrogens is 2. The first kappa shape index (κ1) is 17.0. The number of primary amides is 1. The number of fused-ring (bicyclic) bond motifs is 1. The summed E-state index contributed by atoms with van der Waals surface area (Å²) in [7, 11) is 0. The molecule has 3 rings (SSSR count). The Labute approximate surface area is 146 Å². The zero-order chi connectivity index (χ0) is 17.5. The molecule has 0 radical (unpaired) electrons. The molecule has 4 N–H and O–H groups in total. The zero-order valence-corrected chi connectivity index (χ0v) is 14.7. The Balaban J connectivity index is 1.86. The molecule has 0 saturated carbocycles. The van der Waals surface area contributed by atoms with Gasteiger partial charge in [-0.2, -0.15) is 5.10 Å². The smallest absolute Gasteiger partial charge is 0.314 e. The average Bonchev–Trinajstić information content (AvgIpc) is 3.01. The standard InChI is InChI=1S/C17H23ClN4O2/c1-17(2,11-3-5-22(6-4-11)16(19)24)15(23)13-8-12(18)7-10-9-20-21-14(10)13/h7-9,11,15,23H,3-6H2,1-2H3,(H2,19,24)(H,20,21)/t15-/m0/s1. The summed E-state index contributed by atoms with van der Waals surface area (Å²) in [6.07, 6.45) is 2.65. The Morgan fingerprint density at radius 3 is 2.75 bits per heavy atom. The monoisotopic (exact) mass is 350 g/mol. The molecule has 1 fully saturated rings. The lowest BCUT2D eigenvalue weighted by Gasteiger charge is -2.43. The maximum Gasteiger partial charge on any atom is 0.314 e. The lowest BCUT2D eigenvalue weighted by Crippen LogP contribution is -2.45. The number of halogens is 1. The Bertz CT molecular complexity index is 750. The normalized spacial score (nSPS) is 18.1. The second kappa shape index (κ2) is 6.26. The summed E-state index contributed by atoms with van der Waals surface area (Å²) >= 11 is 6.20. The second-order valence-corrected chi connectivity index (χ2v) is 7.59. The zero-order valence-electron chi connectivity index (χ0n) is 13.9. The molecule has 2 heterocycles. The highest BCUT2D eigenvalue weighted by molar-refractivity contribution is 6.31. The van der Waals surface area contributed by atoms with Crippen LogP contribution in [0, 0.1) is 11.3 Å². The highest BCUT2D eigenvalue weighted by Gasteiger charge is 2.40. The van der Waals surface area contributed by atoms with Gasteiger partial charge in [0.15, 0.2) is 0 Å². The highest BCUT2D eigenvalue weighted by atomic mass is 35.5. The predicted molar refractivity (Wildman–Crippen MR) is 93.7 cm³/mol. The van der Waals surface area contributed by atoms with Crippen LogP contribution in [0.4, 0.5) is 4.79 Å². The van der Waals surface area contributed by atoms with E-state index in [-0.39, 0.29) is 17.4 Å². The van der Waals surface area contributed by atoms with E-state index in [0.29, 0.717) is 18.1 Å². The number of rotatable bonds is 3. The summed E-state index contributed by atoms with van der Waals surface area (Å²) in [4.78, 5) is 13.0. The molecule has 2 amide bonds. The van der Waals surface area contributed by atoms with Crippen molar-refractivity contribution in [2.24, 2.45) is 17.1 Å². The summed E-state index contributed by atoms with van der Waals surface area (Å²) in [5.41, 5.74) is 6.56. The number of aliphatic hydroxyl groups excluding tert-OH is 1. The number of nitrogens with two attached hydrogens (primary N) is 1. The van der Waals surface area contributed by atoms with E-state index in [9.17, 15) is 9.90 Å². The van der Waals surface area contributed by atoms with Crippen molar-refractivity contribution in [3.63, 3.8) is 0 Å². The van der Waals surface area contributed by atoms with Gasteiger partial charge < -0.3 is 15.7 Å².